The van der Waals surface area contributed by atoms with Gasteiger partial charge in [-0.1, -0.05) is 30.3 Å². The van der Waals surface area contributed by atoms with Crippen LogP contribution in [0.1, 0.15) is 35.3 Å². The number of aromatic nitrogens is 1. The molecule has 0 atom stereocenters. The van der Waals surface area contributed by atoms with Crippen molar-refractivity contribution in [3.63, 3.8) is 0 Å². The summed E-state index contributed by atoms with van der Waals surface area (Å²) < 4.78 is 5.01. The molecule has 0 radical (unpaired) electrons. The Hall–Kier alpha value is -3.09. The number of nitrogens with zero attached hydrogens (tertiary/aromatic N) is 2. The highest BCUT2D eigenvalue weighted by molar-refractivity contribution is 5.95. The third-order valence-corrected chi connectivity index (χ3v) is 4.98. The molecule has 28 heavy (non-hydrogen) atoms. The summed E-state index contributed by atoms with van der Waals surface area (Å²) in [6, 6.07) is 11.4. The van der Waals surface area contributed by atoms with Gasteiger partial charge < -0.3 is 20.1 Å². The topological polar surface area (TPSA) is 91.8 Å². The minimum Gasteiger partial charge on any atom is -0.503 e. The van der Waals surface area contributed by atoms with Gasteiger partial charge in [0.25, 0.3) is 5.91 Å². The number of piperidine rings is 1. The Kier molecular flexibility index (Phi) is 6.47. The molecular formula is C21H25N3O4. The van der Waals surface area contributed by atoms with Gasteiger partial charge in [0.05, 0.1) is 7.11 Å². The Bertz CT molecular complexity index is 818. The molecule has 1 aromatic heterocycles. The maximum atomic E-state index is 12.4. The van der Waals surface area contributed by atoms with Crippen LogP contribution < -0.4 is 10.1 Å². The number of amides is 2. The van der Waals surface area contributed by atoms with E-state index >= 15 is 0 Å². The van der Waals surface area contributed by atoms with E-state index < -0.39 is 5.91 Å². The molecular weight excluding hydrogens is 358 g/mol. The highest BCUT2D eigenvalue weighted by Gasteiger charge is 2.25. The molecule has 0 bridgehead atoms. The normalized spacial score (nSPS) is 14.5. The van der Waals surface area contributed by atoms with Gasteiger partial charge >= 0.3 is 0 Å². The summed E-state index contributed by atoms with van der Waals surface area (Å²) in [6.45, 7) is 1.21. The quantitative estimate of drug-likeness (QED) is 0.798. The van der Waals surface area contributed by atoms with Crippen LogP contribution in [0.25, 0.3) is 0 Å². The highest BCUT2D eigenvalue weighted by Crippen LogP contribution is 2.27. The van der Waals surface area contributed by atoms with Gasteiger partial charge in [0.15, 0.2) is 17.2 Å². The van der Waals surface area contributed by atoms with E-state index in [2.05, 4.69) is 10.3 Å². The molecule has 0 spiro atoms. The molecule has 1 fully saturated rings. The molecule has 2 N–H and O–H groups in total. The van der Waals surface area contributed by atoms with Crippen LogP contribution in [0.2, 0.25) is 0 Å². The number of aryl methyl sites for hydroxylation is 1. The number of hydrogen-bond donors (Lipinski definition) is 2. The van der Waals surface area contributed by atoms with E-state index in [4.69, 9.17) is 4.74 Å². The molecule has 2 aromatic rings. The number of hydrogen-bond acceptors (Lipinski definition) is 5. The van der Waals surface area contributed by atoms with E-state index in [9.17, 15) is 14.7 Å². The number of carbonyl (C=O) groups is 2. The van der Waals surface area contributed by atoms with Gasteiger partial charge in [-0.05, 0) is 24.8 Å². The van der Waals surface area contributed by atoms with Gasteiger partial charge in [0.1, 0.15) is 0 Å². The van der Waals surface area contributed by atoms with E-state index in [1.165, 1.54) is 19.4 Å². The maximum Gasteiger partial charge on any atom is 0.274 e. The number of carbonyl (C=O) groups excluding carboxylic acids is 2. The van der Waals surface area contributed by atoms with Crippen LogP contribution in [0.4, 0.5) is 0 Å². The predicted octanol–water partition coefficient (Wildman–Crippen LogP) is 2.15. The van der Waals surface area contributed by atoms with Gasteiger partial charge in [0, 0.05) is 37.8 Å². The molecule has 148 valence electrons. The third-order valence-electron chi connectivity index (χ3n) is 4.98. The van der Waals surface area contributed by atoms with E-state index in [0.717, 1.165) is 12.0 Å². The largest absolute Gasteiger partial charge is 0.503 e. The number of likely N-dealkylation sites (tertiary alicyclic amines) is 1. The number of nitrogens with one attached hydrogen (secondary N) is 1. The molecule has 1 aromatic carbocycles. The summed E-state index contributed by atoms with van der Waals surface area (Å²) >= 11 is 0. The summed E-state index contributed by atoms with van der Waals surface area (Å²) in [7, 11) is 1.42. The molecule has 2 amide bonds. The van der Waals surface area contributed by atoms with Crippen LogP contribution in [0.5, 0.6) is 11.5 Å². The molecule has 2 heterocycles. The number of methoxy groups -OCH3 is 1. The van der Waals surface area contributed by atoms with E-state index in [-0.39, 0.29) is 29.1 Å². The second-order valence-corrected chi connectivity index (χ2v) is 6.82. The Morgan fingerprint density at radius 3 is 2.61 bits per heavy atom. The summed E-state index contributed by atoms with van der Waals surface area (Å²) in [5, 5.41) is 12.9. The molecule has 3 rings (SSSR count). The van der Waals surface area contributed by atoms with Crippen molar-refractivity contribution in [2.45, 2.75) is 31.7 Å². The Labute approximate surface area is 164 Å². The van der Waals surface area contributed by atoms with Gasteiger partial charge in [-0.2, -0.15) is 0 Å². The first-order chi connectivity index (χ1) is 13.6. The zero-order valence-corrected chi connectivity index (χ0v) is 15.9. The SMILES string of the molecule is COc1ccnc(C(=O)NC2CCN(C(=O)CCc3ccccc3)CC2)c1O. The Balaban J connectivity index is 1.47. The third kappa shape index (κ3) is 4.79. The minimum atomic E-state index is -0.440. The van der Waals surface area contributed by atoms with Crippen molar-refractivity contribution in [2.24, 2.45) is 0 Å². The first kappa shape index (κ1) is 19.7. The fourth-order valence-corrected chi connectivity index (χ4v) is 3.35. The van der Waals surface area contributed by atoms with Crippen molar-refractivity contribution in [3.8, 4) is 11.5 Å². The second-order valence-electron chi connectivity index (χ2n) is 6.82. The minimum absolute atomic E-state index is 0.0549. The lowest BCUT2D eigenvalue weighted by molar-refractivity contribution is -0.132. The molecule has 0 unspecified atom stereocenters. The van der Waals surface area contributed by atoms with Gasteiger partial charge in [-0.3, -0.25) is 9.59 Å². The predicted molar refractivity (Wildman–Crippen MR) is 104 cm³/mol. The average molecular weight is 383 g/mol. The maximum absolute atomic E-state index is 12.4. The lowest BCUT2D eigenvalue weighted by atomic mass is 10.0. The summed E-state index contributed by atoms with van der Waals surface area (Å²) in [5.41, 5.74) is 1.10. The second kappa shape index (κ2) is 9.21. The smallest absolute Gasteiger partial charge is 0.274 e. The fourth-order valence-electron chi connectivity index (χ4n) is 3.35. The Morgan fingerprint density at radius 1 is 1.21 bits per heavy atom. The van der Waals surface area contributed by atoms with Crippen molar-refractivity contribution < 1.29 is 19.4 Å². The summed E-state index contributed by atoms with van der Waals surface area (Å²) in [5.74, 6) is -0.360. The van der Waals surface area contributed by atoms with Crippen molar-refractivity contribution in [3.05, 3.63) is 53.9 Å². The molecule has 0 saturated carbocycles. The highest BCUT2D eigenvalue weighted by atomic mass is 16.5. The Morgan fingerprint density at radius 2 is 1.93 bits per heavy atom. The lowest BCUT2D eigenvalue weighted by Gasteiger charge is -2.32. The molecule has 7 nitrogen and oxygen atoms in total. The fraction of sp³-hybridized carbons (Fsp3) is 0.381. The van der Waals surface area contributed by atoms with Crippen molar-refractivity contribution in [1.29, 1.82) is 0 Å². The molecule has 1 aliphatic heterocycles. The van der Waals surface area contributed by atoms with Crippen molar-refractivity contribution in [2.75, 3.05) is 20.2 Å². The monoisotopic (exact) mass is 383 g/mol. The van der Waals surface area contributed by atoms with Gasteiger partial charge in [-0.25, -0.2) is 4.98 Å². The van der Waals surface area contributed by atoms with Crippen LogP contribution in [-0.2, 0) is 11.2 Å². The standard InChI is InChI=1S/C21H25N3O4/c1-28-17-9-12-22-19(20(17)26)21(27)23-16-10-13-24(14-11-16)18(25)8-7-15-5-3-2-4-6-15/h2-6,9,12,16,26H,7-8,10-11,13-14H2,1H3,(H,23,27). The zero-order chi connectivity index (χ0) is 19.9. The molecule has 1 saturated heterocycles. The lowest BCUT2D eigenvalue weighted by Crippen LogP contribution is -2.46. The first-order valence-electron chi connectivity index (χ1n) is 9.43. The van der Waals surface area contributed by atoms with Crippen LogP contribution in [0.3, 0.4) is 0 Å². The van der Waals surface area contributed by atoms with Gasteiger partial charge in [0.2, 0.25) is 5.91 Å². The zero-order valence-electron chi connectivity index (χ0n) is 15.9. The van der Waals surface area contributed by atoms with Crippen LogP contribution in [-0.4, -0.2) is 53.0 Å². The number of ether oxygens (including phenoxy) is 1. The summed E-state index contributed by atoms with van der Waals surface area (Å²) in [4.78, 5) is 30.6. The number of rotatable bonds is 6. The van der Waals surface area contributed by atoms with E-state index in [1.54, 1.807) is 0 Å². The van der Waals surface area contributed by atoms with E-state index in [0.29, 0.717) is 32.4 Å². The number of pyridine rings is 1. The molecule has 0 aliphatic carbocycles. The van der Waals surface area contributed by atoms with Gasteiger partial charge in [-0.15, -0.1) is 0 Å². The van der Waals surface area contributed by atoms with Crippen LogP contribution in [0.15, 0.2) is 42.6 Å². The average Bonchev–Trinajstić information content (AvgIpc) is 2.73. The first-order valence-corrected chi connectivity index (χ1v) is 9.43. The molecule has 7 heteroatoms. The van der Waals surface area contributed by atoms with Crippen molar-refractivity contribution in [1.82, 2.24) is 15.2 Å². The van der Waals surface area contributed by atoms with E-state index in [1.807, 2.05) is 35.2 Å². The molecule has 1 aliphatic rings. The number of aromatic hydroxyl groups is 1. The summed E-state index contributed by atoms with van der Waals surface area (Å²) in [6.07, 6.45) is 3.99. The van der Waals surface area contributed by atoms with Crippen LogP contribution in [0, 0.1) is 0 Å². The van der Waals surface area contributed by atoms with Crippen LogP contribution >= 0.6 is 0 Å². The van der Waals surface area contributed by atoms with Crippen molar-refractivity contribution >= 4 is 11.8 Å². The number of benzene rings is 1.